The minimum Gasteiger partial charge on any atom is -0.494 e. The van der Waals surface area contributed by atoms with Crippen molar-refractivity contribution < 1.29 is 9.47 Å². The number of rotatable bonds is 10. The van der Waals surface area contributed by atoms with Crippen molar-refractivity contribution in [1.82, 2.24) is 15.0 Å². The molecule has 5 heteroatoms. The molecule has 0 bridgehead atoms. The predicted octanol–water partition coefficient (Wildman–Crippen LogP) is 6.07. The maximum absolute atomic E-state index is 5.96. The highest BCUT2D eigenvalue weighted by atomic mass is 16.5. The molecule has 2 aromatic carbocycles. The molecule has 3 heterocycles. The Kier molecular flexibility index (Phi) is 6.06. The molecule has 0 saturated heterocycles. The SMILES string of the molecule is c1c[nH]c(CCCOc2ccc3cc4ccc(OCCCc5ccc[nH]5)cc4nc3c2)c1. The molecule has 0 amide bonds. The third-order valence-corrected chi connectivity index (χ3v) is 5.60. The first-order valence-electron chi connectivity index (χ1n) is 11.2. The van der Waals surface area contributed by atoms with Crippen LogP contribution in [0.2, 0.25) is 0 Å². The van der Waals surface area contributed by atoms with E-state index in [2.05, 4.69) is 40.3 Å². The summed E-state index contributed by atoms with van der Waals surface area (Å²) >= 11 is 0. The summed E-state index contributed by atoms with van der Waals surface area (Å²) in [5.74, 6) is 1.71. The normalized spacial score (nSPS) is 11.2. The van der Waals surface area contributed by atoms with Gasteiger partial charge in [-0.3, -0.25) is 0 Å². The quantitative estimate of drug-likeness (QED) is 0.211. The lowest BCUT2D eigenvalue weighted by atomic mass is 10.1. The van der Waals surface area contributed by atoms with Gasteiger partial charge in [0.2, 0.25) is 0 Å². The van der Waals surface area contributed by atoms with Crippen LogP contribution in [0.5, 0.6) is 11.5 Å². The number of aryl methyl sites for hydroxylation is 2. The lowest BCUT2D eigenvalue weighted by Crippen LogP contribution is -2.00. The van der Waals surface area contributed by atoms with Gasteiger partial charge in [-0.2, -0.15) is 0 Å². The van der Waals surface area contributed by atoms with Crippen LogP contribution >= 0.6 is 0 Å². The second-order valence-electron chi connectivity index (χ2n) is 7.99. The summed E-state index contributed by atoms with van der Waals surface area (Å²) in [7, 11) is 0. The topological polar surface area (TPSA) is 62.9 Å². The van der Waals surface area contributed by atoms with Crippen molar-refractivity contribution in [3.63, 3.8) is 0 Å². The van der Waals surface area contributed by atoms with E-state index in [1.54, 1.807) is 0 Å². The number of benzene rings is 2. The van der Waals surface area contributed by atoms with Crippen molar-refractivity contribution in [3.05, 3.63) is 90.5 Å². The Morgan fingerprint density at radius 3 is 1.62 bits per heavy atom. The molecule has 32 heavy (non-hydrogen) atoms. The zero-order valence-corrected chi connectivity index (χ0v) is 18.0. The maximum atomic E-state index is 5.96. The Morgan fingerprint density at radius 2 is 1.16 bits per heavy atom. The van der Waals surface area contributed by atoms with Gasteiger partial charge in [0.25, 0.3) is 0 Å². The van der Waals surface area contributed by atoms with Crippen LogP contribution < -0.4 is 9.47 Å². The summed E-state index contributed by atoms with van der Waals surface area (Å²) in [6, 6.07) is 22.7. The summed E-state index contributed by atoms with van der Waals surface area (Å²) in [4.78, 5) is 11.3. The van der Waals surface area contributed by atoms with Gasteiger partial charge in [0.15, 0.2) is 0 Å². The minimum absolute atomic E-state index is 0.679. The summed E-state index contributed by atoms with van der Waals surface area (Å²) in [6.07, 6.45) is 7.81. The van der Waals surface area contributed by atoms with Crippen molar-refractivity contribution in [1.29, 1.82) is 0 Å². The maximum Gasteiger partial charge on any atom is 0.121 e. The molecule has 0 aliphatic heterocycles. The molecule has 2 N–H and O–H groups in total. The van der Waals surface area contributed by atoms with Crippen LogP contribution in [-0.4, -0.2) is 28.2 Å². The summed E-state index contributed by atoms with van der Waals surface area (Å²) in [5, 5.41) is 2.21. The lowest BCUT2D eigenvalue weighted by Gasteiger charge is -2.09. The van der Waals surface area contributed by atoms with E-state index >= 15 is 0 Å². The van der Waals surface area contributed by atoms with Crippen molar-refractivity contribution in [3.8, 4) is 11.5 Å². The molecule has 0 saturated carbocycles. The third-order valence-electron chi connectivity index (χ3n) is 5.60. The van der Waals surface area contributed by atoms with Crippen molar-refractivity contribution in [2.24, 2.45) is 0 Å². The van der Waals surface area contributed by atoms with Crippen molar-refractivity contribution in [2.45, 2.75) is 25.7 Å². The minimum atomic E-state index is 0.679. The Morgan fingerprint density at radius 1 is 0.625 bits per heavy atom. The molecule has 162 valence electrons. The van der Waals surface area contributed by atoms with E-state index in [0.717, 1.165) is 59.0 Å². The average molecular weight is 426 g/mol. The van der Waals surface area contributed by atoms with Gasteiger partial charge in [-0.1, -0.05) is 0 Å². The van der Waals surface area contributed by atoms with Gasteiger partial charge in [0, 0.05) is 46.7 Å². The molecular weight excluding hydrogens is 398 g/mol. The number of H-pyrrole nitrogens is 2. The zero-order valence-electron chi connectivity index (χ0n) is 18.0. The first-order chi connectivity index (χ1) is 15.8. The van der Waals surface area contributed by atoms with Crippen LogP contribution in [0, 0.1) is 0 Å². The fourth-order valence-corrected chi connectivity index (χ4v) is 3.91. The number of aromatic nitrogens is 3. The predicted molar refractivity (Wildman–Crippen MR) is 128 cm³/mol. The Balaban J connectivity index is 1.22. The summed E-state index contributed by atoms with van der Waals surface area (Å²) < 4.78 is 11.9. The fourth-order valence-electron chi connectivity index (χ4n) is 3.91. The molecule has 5 rings (SSSR count). The second-order valence-corrected chi connectivity index (χ2v) is 7.99. The van der Waals surface area contributed by atoms with Gasteiger partial charge in [-0.25, -0.2) is 4.98 Å². The van der Waals surface area contributed by atoms with Crippen LogP contribution in [0.15, 0.2) is 79.1 Å². The number of hydrogen-bond acceptors (Lipinski definition) is 3. The second kappa shape index (κ2) is 9.60. The highest BCUT2D eigenvalue weighted by Gasteiger charge is 2.05. The molecule has 3 aromatic heterocycles. The van der Waals surface area contributed by atoms with Gasteiger partial charge in [-0.15, -0.1) is 0 Å². The van der Waals surface area contributed by atoms with Gasteiger partial charge in [-0.05, 0) is 80.3 Å². The van der Waals surface area contributed by atoms with E-state index in [0.29, 0.717) is 13.2 Å². The molecule has 0 spiro atoms. The molecule has 5 aromatic rings. The number of pyridine rings is 1. The number of nitrogens with zero attached hydrogens (tertiary/aromatic N) is 1. The van der Waals surface area contributed by atoms with Gasteiger partial charge in [0.05, 0.1) is 24.2 Å². The van der Waals surface area contributed by atoms with E-state index in [-0.39, 0.29) is 0 Å². The highest BCUT2D eigenvalue weighted by Crippen LogP contribution is 2.26. The molecule has 0 fully saturated rings. The van der Waals surface area contributed by atoms with Gasteiger partial charge < -0.3 is 19.4 Å². The number of nitrogens with one attached hydrogen (secondary N) is 2. The van der Waals surface area contributed by atoms with E-state index in [1.807, 2.05) is 48.8 Å². The van der Waals surface area contributed by atoms with Crippen molar-refractivity contribution in [2.75, 3.05) is 13.2 Å². The molecule has 0 aliphatic carbocycles. The Hall–Kier alpha value is -3.73. The molecule has 0 aliphatic rings. The standard InChI is InChI=1S/C27H27N3O2/c1-5-22(28-13-1)7-3-15-31-24-11-9-20-17-21-10-12-25(19-27(21)30-26(20)18-24)32-16-4-8-23-6-2-14-29-23/h1-2,5-6,9-14,17-19,28-29H,3-4,7-8,15-16H2. The largest absolute Gasteiger partial charge is 0.494 e. The van der Waals surface area contributed by atoms with E-state index in [1.165, 1.54) is 11.4 Å². The van der Waals surface area contributed by atoms with E-state index in [9.17, 15) is 0 Å². The first-order valence-corrected chi connectivity index (χ1v) is 11.2. The number of hydrogen-bond donors (Lipinski definition) is 2. The van der Waals surface area contributed by atoms with E-state index in [4.69, 9.17) is 14.5 Å². The van der Waals surface area contributed by atoms with Crippen LogP contribution in [0.1, 0.15) is 24.2 Å². The fraction of sp³-hybridized carbons (Fsp3) is 0.222. The van der Waals surface area contributed by atoms with Gasteiger partial charge >= 0.3 is 0 Å². The van der Waals surface area contributed by atoms with Crippen LogP contribution in [0.25, 0.3) is 21.8 Å². The van der Waals surface area contributed by atoms with Crippen LogP contribution in [0.3, 0.4) is 0 Å². The van der Waals surface area contributed by atoms with E-state index < -0.39 is 0 Å². The highest BCUT2D eigenvalue weighted by molar-refractivity contribution is 5.93. The average Bonchev–Trinajstić information content (AvgIpc) is 3.52. The van der Waals surface area contributed by atoms with Crippen LogP contribution in [0.4, 0.5) is 0 Å². The number of ether oxygens (including phenoxy) is 2. The smallest absolute Gasteiger partial charge is 0.121 e. The van der Waals surface area contributed by atoms with Gasteiger partial charge in [0.1, 0.15) is 11.5 Å². The Bertz CT molecular complexity index is 1180. The van der Waals surface area contributed by atoms with Crippen LogP contribution in [-0.2, 0) is 12.8 Å². The van der Waals surface area contributed by atoms with Crippen molar-refractivity contribution >= 4 is 21.8 Å². The molecule has 0 radical (unpaired) electrons. The monoisotopic (exact) mass is 425 g/mol. The molecule has 0 unspecified atom stereocenters. The number of aromatic amines is 2. The first kappa shape index (κ1) is 20.2. The molecular formula is C27H27N3O2. The molecule has 0 atom stereocenters. The Labute approximate surface area is 187 Å². The third kappa shape index (κ3) is 4.94. The zero-order chi connectivity index (χ0) is 21.6. The summed E-state index contributed by atoms with van der Waals surface area (Å²) in [6.45, 7) is 1.36. The molecule has 5 nitrogen and oxygen atoms in total. The lowest BCUT2D eigenvalue weighted by molar-refractivity contribution is 0.311. The summed E-state index contributed by atoms with van der Waals surface area (Å²) in [5.41, 5.74) is 4.34. The number of fused-ring (bicyclic) bond motifs is 2.